The van der Waals surface area contributed by atoms with Crippen LogP contribution < -0.4 is 0 Å². The van der Waals surface area contributed by atoms with Gasteiger partial charge in [0.25, 0.3) is 0 Å². The highest BCUT2D eigenvalue weighted by Gasteiger charge is 2.16. The summed E-state index contributed by atoms with van der Waals surface area (Å²) in [4.78, 5) is 4.36. The minimum Gasteiger partial charge on any atom is -0.289 e. The zero-order valence-corrected chi connectivity index (χ0v) is 10.4. The Morgan fingerprint density at radius 1 is 1.47 bits per heavy atom. The zero-order chi connectivity index (χ0) is 10.7. The highest BCUT2D eigenvalue weighted by molar-refractivity contribution is 8.11. The second-order valence-corrected chi connectivity index (χ2v) is 5.32. The predicted octanol–water partition coefficient (Wildman–Crippen LogP) is 3.07. The number of rotatable bonds is 2. The molecule has 0 bridgehead atoms. The first-order valence-electron chi connectivity index (χ1n) is 5.53. The molecule has 4 heteroatoms. The largest absolute Gasteiger partial charge is 0.289 e. The Labute approximate surface area is 101 Å². The molecule has 2 nitrogen and oxygen atoms in total. The van der Waals surface area contributed by atoms with E-state index < -0.39 is 0 Å². The smallest absolute Gasteiger partial charge is 0.142 e. The molecule has 1 aromatic heterocycles. The lowest BCUT2D eigenvalue weighted by atomic mass is 9.87. The van der Waals surface area contributed by atoms with E-state index in [1.165, 1.54) is 32.1 Å². The SMILES string of the molecule is S=C(S)n1ccnc1CC1CCCCC1. The van der Waals surface area contributed by atoms with Crippen LogP contribution in [0, 0.1) is 5.92 Å². The van der Waals surface area contributed by atoms with Gasteiger partial charge in [-0.1, -0.05) is 44.3 Å². The van der Waals surface area contributed by atoms with Crippen LogP contribution in [-0.4, -0.2) is 13.9 Å². The van der Waals surface area contributed by atoms with E-state index in [1.807, 2.05) is 10.8 Å². The average Bonchev–Trinajstić information content (AvgIpc) is 2.67. The fraction of sp³-hybridized carbons (Fsp3) is 0.636. The number of hydrogen-bond donors (Lipinski definition) is 1. The van der Waals surface area contributed by atoms with Gasteiger partial charge in [-0.15, -0.1) is 12.6 Å². The van der Waals surface area contributed by atoms with Crippen molar-refractivity contribution in [3.63, 3.8) is 0 Å². The van der Waals surface area contributed by atoms with Crippen LogP contribution in [0.4, 0.5) is 0 Å². The van der Waals surface area contributed by atoms with Crippen molar-refractivity contribution in [1.29, 1.82) is 0 Å². The fourth-order valence-electron chi connectivity index (χ4n) is 2.31. The summed E-state index contributed by atoms with van der Waals surface area (Å²) in [5.41, 5.74) is 0. The Hall–Kier alpha value is -0.350. The molecular formula is C11H16N2S2. The molecule has 0 unspecified atom stereocenters. The molecule has 0 aromatic carbocycles. The van der Waals surface area contributed by atoms with Gasteiger partial charge in [0.1, 0.15) is 10.1 Å². The molecule has 2 rings (SSSR count). The van der Waals surface area contributed by atoms with Gasteiger partial charge in [-0.3, -0.25) is 4.57 Å². The molecule has 1 heterocycles. The van der Waals surface area contributed by atoms with Crippen molar-refractivity contribution in [3.8, 4) is 0 Å². The van der Waals surface area contributed by atoms with Gasteiger partial charge in [0.05, 0.1) is 0 Å². The summed E-state index contributed by atoms with van der Waals surface area (Å²) in [6.45, 7) is 0. The van der Waals surface area contributed by atoms with Gasteiger partial charge < -0.3 is 0 Å². The topological polar surface area (TPSA) is 17.8 Å². The Balaban J connectivity index is 2.03. The van der Waals surface area contributed by atoms with Crippen LogP contribution in [0.3, 0.4) is 0 Å². The molecule has 1 fully saturated rings. The Morgan fingerprint density at radius 2 is 2.20 bits per heavy atom. The van der Waals surface area contributed by atoms with Crippen molar-refractivity contribution in [2.24, 2.45) is 5.92 Å². The molecule has 0 saturated heterocycles. The van der Waals surface area contributed by atoms with E-state index in [2.05, 4.69) is 17.6 Å². The van der Waals surface area contributed by atoms with Crippen molar-refractivity contribution in [2.45, 2.75) is 38.5 Å². The summed E-state index contributed by atoms with van der Waals surface area (Å²) in [6, 6.07) is 0. The summed E-state index contributed by atoms with van der Waals surface area (Å²) >= 11 is 9.25. The number of hydrogen-bond acceptors (Lipinski definition) is 2. The van der Waals surface area contributed by atoms with E-state index in [0.29, 0.717) is 4.32 Å². The second-order valence-electron chi connectivity index (χ2n) is 4.20. The van der Waals surface area contributed by atoms with Gasteiger partial charge in [-0.05, 0) is 5.92 Å². The lowest BCUT2D eigenvalue weighted by molar-refractivity contribution is 0.351. The van der Waals surface area contributed by atoms with Gasteiger partial charge in [-0.2, -0.15) is 0 Å². The van der Waals surface area contributed by atoms with Gasteiger partial charge in [0, 0.05) is 18.8 Å². The van der Waals surface area contributed by atoms with Crippen molar-refractivity contribution in [1.82, 2.24) is 9.55 Å². The molecule has 0 radical (unpaired) electrons. The first-order valence-corrected chi connectivity index (χ1v) is 6.38. The monoisotopic (exact) mass is 240 g/mol. The minimum absolute atomic E-state index is 0.596. The minimum atomic E-state index is 0.596. The van der Waals surface area contributed by atoms with Crippen molar-refractivity contribution in [3.05, 3.63) is 18.2 Å². The molecule has 1 aliphatic carbocycles. The van der Waals surface area contributed by atoms with Gasteiger partial charge in [0.15, 0.2) is 0 Å². The van der Waals surface area contributed by atoms with Crippen LogP contribution in [0.25, 0.3) is 0 Å². The van der Waals surface area contributed by atoms with Crippen LogP contribution in [0.1, 0.15) is 37.9 Å². The molecule has 0 amide bonds. The number of nitrogens with zero attached hydrogens (tertiary/aromatic N) is 2. The molecule has 0 atom stereocenters. The van der Waals surface area contributed by atoms with Crippen LogP contribution in [0.5, 0.6) is 0 Å². The number of thiol groups is 1. The first kappa shape index (κ1) is 11.1. The Morgan fingerprint density at radius 3 is 2.87 bits per heavy atom. The third-order valence-electron chi connectivity index (χ3n) is 3.12. The Kier molecular flexibility index (Phi) is 3.81. The third-order valence-corrected chi connectivity index (χ3v) is 3.53. The molecular weight excluding hydrogens is 224 g/mol. The van der Waals surface area contributed by atoms with Crippen LogP contribution in [-0.2, 0) is 6.42 Å². The standard InChI is InChI=1S/C11H16N2S2/c14-11(15)13-7-6-12-10(13)8-9-4-2-1-3-5-9/h6-7,9H,1-5,8H2,(H,14,15). The summed E-state index contributed by atoms with van der Waals surface area (Å²) in [5.74, 6) is 1.87. The maximum atomic E-state index is 5.06. The molecule has 0 spiro atoms. The van der Waals surface area contributed by atoms with E-state index in [9.17, 15) is 0 Å². The summed E-state index contributed by atoms with van der Waals surface area (Å²) < 4.78 is 2.51. The molecule has 0 aliphatic heterocycles. The average molecular weight is 240 g/mol. The van der Waals surface area contributed by atoms with Crippen molar-refractivity contribution < 1.29 is 0 Å². The maximum Gasteiger partial charge on any atom is 0.142 e. The number of imidazole rings is 1. The van der Waals surface area contributed by atoms with Gasteiger partial charge in [-0.25, -0.2) is 4.98 Å². The van der Waals surface area contributed by atoms with Gasteiger partial charge >= 0.3 is 0 Å². The summed E-state index contributed by atoms with van der Waals surface area (Å²) in [7, 11) is 0. The molecule has 82 valence electrons. The van der Waals surface area contributed by atoms with E-state index in [-0.39, 0.29) is 0 Å². The molecule has 1 aromatic rings. The molecule has 1 saturated carbocycles. The quantitative estimate of drug-likeness (QED) is 0.632. The van der Waals surface area contributed by atoms with Crippen LogP contribution in [0.2, 0.25) is 0 Å². The number of aromatic nitrogens is 2. The van der Waals surface area contributed by atoms with E-state index >= 15 is 0 Å². The van der Waals surface area contributed by atoms with Gasteiger partial charge in [0.2, 0.25) is 0 Å². The van der Waals surface area contributed by atoms with E-state index in [0.717, 1.165) is 18.2 Å². The highest BCUT2D eigenvalue weighted by Crippen LogP contribution is 2.26. The van der Waals surface area contributed by atoms with Crippen molar-refractivity contribution in [2.75, 3.05) is 0 Å². The van der Waals surface area contributed by atoms with Crippen LogP contribution >= 0.6 is 24.8 Å². The third kappa shape index (κ3) is 2.82. The zero-order valence-electron chi connectivity index (χ0n) is 8.72. The predicted molar refractivity (Wildman–Crippen MR) is 69.5 cm³/mol. The van der Waals surface area contributed by atoms with Crippen molar-refractivity contribution >= 4 is 29.2 Å². The lowest BCUT2D eigenvalue weighted by Gasteiger charge is -2.21. The lowest BCUT2D eigenvalue weighted by Crippen LogP contribution is -2.14. The molecule has 0 N–H and O–H groups in total. The highest BCUT2D eigenvalue weighted by atomic mass is 32.1. The maximum absolute atomic E-state index is 5.06. The summed E-state index contributed by atoms with van der Waals surface area (Å²) in [5, 5.41) is 0. The second kappa shape index (κ2) is 5.12. The normalized spacial score (nSPS) is 17.9. The van der Waals surface area contributed by atoms with E-state index in [1.54, 1.807) is 6.20 Å². The Bertz CT molecular complexity index is 340. The number of thiocarbonyl (C=S) groups is 1. The molecule has 1 aliphatic rings. The fourth-order valence-corrected chi connectivity index (χ4v) is 2.66. The first-order chi connectivity index (χ1) is 7.27. The summed E-state index contributed by atoms with van der Waals surface area (Å²) in [6.07, 6.45) is 11.6. The van der Waals surface area contributed by atoms with E-state index in [4.69, 9.17) is 12.2 Å². The molecule has 15 heavy (non-hydrogen) atoms. The van der Waals surface area contributed by atoms with Crippen LogP contribution in [0.15, 0.2) is 12.4 Å².